The van der Waals surface area contributed by atoms with Crippen LogP contribution in [0, 0.1) is 6.92 Å². The van der Waals surface area contributed by atoms with E-state index in [1.807, 2.05) is 17.7 Å². The highest BCUT2D eigenvalue weighted by atomic mass is 32.2. The monoisotopic (exact) mass is 478 g/mol. The van der Waals surface area contributed by atoms with E-state index in [0.717, 1.165) is 53.7 Å². The Bertz CT molecular complexity index is 1210. The van der Waals surface area contributed by atoms with Crippen LogP contribution in [0.25, 0.3) is 10.8 Å². The summed E-state index contributed by atoms with van der Waals surface area (Å²) in [5, 5.41) is 5.65. The number of fused-ring (bicyclic) bond motifs is 1. The van der Waals surface area contributed by atoms with Crippen molar-refractivity contribution in [2.45, 2.75) is 45.6 Å². The van der Waals surface area contributed by atoms with Crippen LogP contribution in [0.5, 0.6) is 0 Å². The third-order valence-electron chi connectivity index (χ3n) is 7.11. The summed E-state index contributed by atoms with van der Waals surface area (Å²) < 4.78 is 4.11. The predicted molar refractivity (Wildman–Crippen MR) is 148 cm³/mol. The Labute approximate surface area is 208 Å². The summed E-state index contributed by atoms with van der Waals surface area (Å²) in [7, 11) is 6.23. The van der Waals surface area contributed by atoms with Crippen LogP contribution in [-0.4, -0.2) is 42.4 Å². The minimum atomic E-state index is 0.0565. The van der Waals surface area contributed by atoms with Crippen molar-refractivity contribution in [1.82, 2.24) is 9.47 Å². The van der Waals surface area contributed by atoms with Crippen LogP contribution >= 0.6 is 11.9 Å². The topological polar surface area (TPSA) is 40.5 Å². The number of para-hydroxylation sites is 2. The number of rotatable bonds is 7. The molecule has 3 aromatic rings. The van der Waals surface area contributed by atoms with Crippen molar-refractivity contribution >= 4 is 34.1 Å². The highest BCUT2D eigenvalue weighted by Crippen LogP contribution is 2.35. The predicted octanol–water partition coefficient (Wildman–Crippen LogP) is 5.93. The fourth-order valence-corrected chi connectivity index (χ4v) is 5.89. The second kappa shape index (κ2) is 10.4. The molecule has 0 radical (unpaired) electrons. The fourth-order valence-electron chi connectivity index (χ4n) is 5.21. The van der Waals surface area contributed by atoms with Gasteiger partial charge in [-0.05, 0) is 87.6 Å². The van der Waals surface area contributed by atoms with Crippen LogP contribution in [0.2, 0.25) is 0 Å². The van der Waals surface area contributed by atoms with Gasteiger partial charge in [-0.25, -0.2) is 0 Å². The molecule has 1 aliphatic rings. The number of hydrogen-bond donors (Lipinski definition) is 1. The average molecular weight is 479 g/mol. The zero-order valence-corrected chi connectivity index (χ0v) is 22.2. The standard InChI is InChI=1S/C28H38N4OS/c1-7-34-32(6)26-11-9-8-10-25(26)29-20(3)22-16-19(2)17-24-23(22)18-27(31(5)28(24)33)21-12-14-30(4)15-13-21/h8-11,16-18,20-21,29H,7,12-15H2,1-6H3/t20-/m1/s1. The van der Waals surface area contributed by atoms with Gasteiger partial charge in [0.15, 0.2) is 0 Å². The molecule has 4 rings (SSSR count). The molecule has 0 unspecified atom stereocenters. The zero-order valence-electron chi connectivity index (χ0n) is 21.4. The van der Waals surface area contributed by atoms with Crippen LogP contribution in [-0.2, 0) is 7.05 Å². The second-order valence-corrected chi connectivity index (χ2v) is 11.0. The highest BCUT2D eigenvalue weighted by Gasteiger charge is 2.23. The molecular weight excluding hydrogens is 440 g/mol. The number of aromatic nitrogens is 1. The Morgan fingerprint density at radius 2 is 1.82 bits per heavy atom. The summed E-state index contributed by atoms with van der Waals surface area (Å²) in [6, 6.07) is 15.1. The molecule has 2 heterocycles. The first kappa shape index (κ1) is 24.7. The molecule has 6 heteroatoms. The largest absolute Gasteiger partial charge is 0.377 e. The number of piperidine rings is 1. The van der Waals surface area contributed by atoms with Gasteiger partial charge in [0.05, 0.1) is 11.4 Å². The minimum absolute atomic E-state index is 0.0565. The molecule has 1 fully saturated rings. The Morgan fingerprint density at radius 3 is 2.53 bits per heavy atom. The van der Waals surface area contributed by atoms with Gasteiger partial charge < -0.3 is 19.1 Å². The third kappa shape index (κ3) is 4.98. The number of aryl methyl sites for hydroxylation is 1. The van der Waals surface area contributed by atoms with Gasteiger partial charge in [0.1, 0.15) is 0 Å². The number of nitrogens with zero attached hydrogens (tertiary/aromatic N) is 3. The van der Waals surface area contributed by atoms with E-state index in [1.165, 1.54) is 16.9 Å². The van der Waals surface area contributed by atoms with E-state index in [4.69, 9.17) is 0 Å². The third-order valence-corrected chi connectivity index (χ3v) is 7.95. The number of anilines is 2. The van der Waals surface area contributed by atoms with Crippen LogP contribution in [0.4, 0.5) is 11.4 Å². The molecule has 34 heavy (non-hydrogen) atoms. The normalized spacial score (nSPS) is 16.1. The SMILES string of the molecule is CCSN(C)c1ccccc1N[C@H](C)c1cc(C)cc2c(=O)n(C)c(C3CCN(C)CC3)cc12. The van der Waals surface area contributed by atoms with Gasteiger partial charge in [-0.2, -0.15) is 0 Å². The van der Waals surface area contributed by atoms with Crippen molar-refractivity contribution in [2.24, 2.45) is 7.05 Å². The number of hydrogen-bond acceptors (Lipinski definition) is 5. The maximum absolute atomic E-state index is 13.5. The Morgan fingerprint density at radius 1 is 1.12 bits per heavy atom. The van der Waals surface area contributed by atoms with Crippen molar-refractivity contribution in [3.8, 4) is 0 Å². The smallest absolute Gasteiger partial charge is 0.258 e. The molecule has 1 N–H and O–H groups in total. The van der Waals surface area contributed by atoms with Crippen molar-refractivity contribution in [3.63, 3.8) is 0 Å². The molecule has 1 atom stereocenters. The molecular formula is C28H38N4OS. The van der Waals surface area contributed by atoms with Crippen molar-refractivity contribution < 1.29 is 0 Å². The van der Waals surface area contributed by atoms with Crippen LogP contribution in [0.3, 0.4) is 0 Å². The van der Waals surface area contributed by atoms with Crippen LogP contribution in [0.1, 0.15) is 55.5 Å². The van der Waals surface area contributed by atoms with E-state index in [9.17, 15) is 4.79 Å². The summed E-state index contributed by atoms with van der Waals surface area (Å²) in [6.07, 6.45) is 2.19. The maximum Gasteiger partial charge on any atom is 0.258 e. The van der Waals surface area contributed by atoms with Crippen LogP contribution in [0.15, 0.2) is 47.3 Å². The average Bonchev–Trinajstić information content (AvgIpc) is 2.82. The van der Waals surface area contributed by atoms with E-state index in [1.54, 1.807) is 11.9 Å². The molecule has 1 aromatic heterocycles. The van der Waals surface area contributed by atoms with E-state index >= 15 is 0 Å². The van der Waals surface area contributed by atoms with Gasteiger partial charge in [0.25, 0.3) is 5.56 Å². The Balaban J connectivity index is 1.76. The summed E-state index contributed by atoms with van der Waals surface area (Å²) in [5.74, 6) is 1.45. The second-order valence-electron chi connectivity index (χ2n) is 9.62. The molecule has 2 aromatic carbocycles. The van der Waals surface area contributed by atoms with Gasteiger partial charge in [0, 0.05) is 42.9 Å². The first-order valence-electron chi connectivity index (χ1n) is 12.3. The van der Waals surface area contributed by atoms with E-state index in [2.05, 4.69) is 85.8 Å². The van der Waals surface area contributed by atoms with Crippen molar-refractivity contribution in [1.29, 1.82) is 0 Å². The molecule has 1 saturated heterocycles. The summed E-state index contributed by atoms with van der Waals surface area (Å²) in [5.41, 5.74) is 5.86. The van der Waals surface area contributed by atoms with E-state index < -0.39 is 0 Å². The lowest BCUT2D eigenvalue weighted by Crippen LogP contribution is -2.32. The van der Waals surface area contributed by atoms with Gasteiger partial charge in [0.2, 0.25) is 0 Å². The number of likely N-dealkylation sites (tertiary alicyclic amines) is 1. The lowest BCUT2D eigenvalue weighted by atomic mass is 9.90. The molecule has 5 nitrogen and oxygen atoms in total. The summed E-state index contributed by atoms with van der Waals surface area (Å²) in [6.45, 7) is 8.61. The molecule has 0 aliphatic carbocycles. The van der Waals surface area contributed by atoms with E-state index in [0.29, 0.717) is 5.92 Å². The number of benzene rings is 2. The lowest BCUT2D eigenvalue weighted by Gasteiger charge is -2.30. The van der Waals surface area contributed by atoms with Crippen molar-refractivity contribution in [2.75, 3.05) is 42.6 Å². The van der Waals surface area contributed by atoms with Gasteiger partial charge in [-0.1, -0.05) is 37.1 Å². The Hall–Kier alpha value is -2.44. The lowest BCUT2D eigenvalue weighted by molar-refractivity contribution is 0.251. The molecule has 0 amide bonds. The molecule has 182 valence electrons. The maximum atomic E-state index is 13.5. The summed E-state index contributed by atoms with van der Waals surface area (Å²) in [4.78, 5) is 15.9. The molecule has 0 bridgehead atoms. The van der Waals surface area contributed by atoms with Crippen LogP contribution < -0.4 is 15.2 Å². The molecule has 0 saturated carbocycles. The van der Waals surface area contributed by atoms with Gasteiger partial charge in [-0.3, -0.25) is 4.79 Å². The number of pyridine rings is 1. The highest BCUT2D eigenvalue weighted by molar-refractivity contribution is 8.00. The van der Waals surface area contributed by atoms with Gasteiger partial charge >= 0.3 is 0 Å². The first-order valence-corrected chi connectivity index (χ1v) is 13.3. The number of nitrogens with one attached hydrogen (secondary N) is 1. The van der Waals surface area contributed by atoms with E-state index in [-0.39, 0.29) is 11.6 Å². The van der Waals surface area contributed by atoms with Crippen molar-refractivity contribution in [3.05, 3.63) is 69.6 Å². The summed E-state index contributed by atoms with van der Waals surface area (Å²) >= 11 is 1.79. The fraction of sp³-hybridized carbons (Fsp3) is 0.464. The zero-order chi connectivity index (χ0) is 24.4. The quantitative estimate of drug-likeness (QED) is 0.426. The minimum Gasteiger partial charge on any atom is -0.377 e. The molecule has 1 aliphatic heterocycles. The first-order chi connectivity index (χ1) is 16.3. The Kier molecular flexibility index (Phi) is 7.58. The van der Waals surface area contributed by atoms with Gasteiger partial charge in [-0.15, -0.1) is 0 Å². The molecule has 0 spiro atoms.